The van der Waals surface area contributed by atoms with Crippen LogP contribution in [0.4, 0.5) is 8.78 Å². The predicted octanol–water partition coefficient (Wildman–Crippen LogP) is 4.12. The Labute approximate surface area is 144 Å². The van der Waals surface area contributed by atoms with Crippen LogP contribution >= 0.6 is 0 Å². The molecule has 0 atom stereocenters. The first kappa shape index (κ1) is 18.5. The second kappa shape index (κ2) is 10.1. The van der Waals surface area contributed by atoms with Gasteiger partial charge >= 0.3 is 6.61 Å². The highest BCUT2D eigenvalue weighted by atomic mass is 19.3. The topological polar surface area (TPSA) is 49.3 Å². The number of benzene rings is 2. The van der Waals surface area contributed by atoms with Crippen LogP contribution < -0.4 is 14.2 Å². The molecule has 5 nitrogen and oxygen atoms in total. The Kier molecular flexibility index (Phi) is 7.49. The van der Waals surface area contributed by atoms with E-state index in [2.05, 4.69) is 9.89 Å². The number of ether oxygens (including phenoxy) is 3. The van der Waals surface area contributed by atoms with Gasteiger partial charge in [0.1, 0.15) is 12.4 Å². The number of para-hydroxylation sites is 1. The third kappa shape index (κ3) is 6.66. The van der Waals surface area contributed by atoms with Crippen LogP contribution in [0.15, 0.2) is 53.7 Å². The zero-order chi connectivity index (χ0) is 17.9. The summed E-state index contributed by atoms with van der Waals surface area (Å²) in [4.78, 5) is 5.14. The van der Waals surface area contributed by atoms with E-state index >= 15 is 0 Å². The zero-order valence-electron chi connectivity index (χ0n) is 13.7. The van der Waals surface area contributed by atoms with Crippen molar-refractivity contribution >= 4 is 6.21 Å². The Morgan fingerprint density at radius 2 is 1.84 bits per heavy atom. The Balaban J connectivity index is 1.72. The highest BCUT2D eigenvalue weighted by molar-refractivity contribution is 5.80. The number of nitrogens with zero attached hydrogens (tertiary/aromatic N) is 1. The number of hydrogen-bond donors (Lipinski definition) is 0. The highest BCUT2D eigenvalue weighted by Crippen LogP contribution is 2.28. The summed E-state index contributed by atoms with van der Waals surface area (Å²) < 4.78 is 39.4. The van der Waals surface area contributed by atoms with Crippen molar-refractivity contribution in [1.82, 2.24) is 0 Å². The van der Waals surface area contributed by atoms with E-state index in [9.17, 15) is 8.78 Å². The fourth-order valence-corrected chi connectivity index (χ4v) is 1.94. The van der Waals surface area contributed by atoms with Gasteiger partial charge in [0.25, 0.3) is 0 Å². The summed E-state index contributed by atoms with van der Waals surface area (Å²) in [5.74, 6) is 0.971. The molecule has 0 aliphatic rings. The molecule has 0 bridgehead atoms. The molecule has 0 saturated carbocycles. The van der Waals surface area contributed by atoms with Crippen LogP contribution in [0.25, 0.3) is 0 Å². The van der Waals surface area contributed by atoms with Crippen LogP contribution in [-0.4, -0.2) is 33.1 Å². The van der Waals surface area contributed by atoms with E-state index in [1.54, 1.807) is 6.07 Å². The molecule has 0 N–H and O–H groups in total. The predicted molar refractivity (Wildman–Crippen MR) is 89.7 cm³/mol. The molecule has 2 rings (SSSR count). The van der Waals surface area contributed by atoms with Crippen LogP contribution in [0.2, 0.25) is 0 Å². The van der Waals surface area contributed by atoms with E-state index in [-0.39, 0.29) is 11.5 Å². The standard InChI is InChI=1S/C18H19F2NO4/c1-22-17-12-14(8-9-16(17)25-18(19)20)13-21-24-11-5-10-23-15-6-3-2-4-7-15/h2-4,6-9,12-13,18H,5,10-11H2,1H3/b21-13+. The van der Waals surface area contributed by atoms with Crippen LogP contribution in [-0.2, 0) is 4.84 Å². The van der Waals surface area contributed by atoms with E-state index in [0.29, 0.717) is 25.2 Å². The van der Waals surface area contributed by atoms with E-state index in [4.69, 9.17) is 14.3 Å². The van der Waals surface area contributed by atoms with E-state index in [1.165, 1.54) is 25.5 Å². The van der Waals surface area contributed by atoms with Crippen molar-refractivity contribution in [3.63, 3.8) is 0 Å². The van der Waals surface area contributed by atoms with Crippen molar-refractivity contribution in [2.75, 3.05) is 20.3 Å². The van der Waals surface area contributed by atoms with Gasteiger partial charge < -0.3 is 19.0 Å². The third-order valence-electron chi connectivity index (χ3n) is 3.07. The van der Waals surface area contributed by atoms with Crippen LogP contribution in [0.1, 0.15) is 12.0 Å². The summed E-state index contributed by atoms with van der Waals surface area (Å²) in [5.41, 5.74) is 0.638. The molecule has 2 aromatic rings. The molecule has 0 fully saturated rings. The van der Waals surface area contributed by atoms with E-state index in [0.717, 1.165) is 5.75 Å². The van der Waals surface area contributed by atoms with Crippen molar-refractivity contribution in [3.8, 4) is 17.2 Å². The number of oxime groups is 1. The van der Waals surface area contributed by atoms with Crippen molar-refractivity contribution < 1.29 is 27.8 Å². The minimum absolute atomic E-state index is 0.0337. The molecule has 7 heteroatoms. The van der Waals surface area contributed by atoms with Crippen molar-refractivity contribution in [1.29, 1.82) is 0 Å². The lowest BCUT2D eigenvalue weighted by molar-refractivity contribution is -0.0512. The molecule has 0 radical (unpaired) electrons. The Hall–Kier alpha value is -2.83. The van der Waals surface area contributed by atoms with Gasteiger partial charge in [0.15, 0.2) is 11.5 Å². The number of rotatable bonds is 10. The van der Waals surface area contributed by atoms with Gasteiger partial charge in [-0.15, -0.1) is 0 Å². The first-order valence-corrected chi connectivity index (χ1v) is 7.65. The van der Waals surface area contributed by atoms with Gasteiger partial charge in [-0.05, 0) is 30.3 Å². The van der Waals surface area contributed by atoms with Crippen molar-refractivity contribution in [2.45, 2.75) is 13.0 Å². The number of halogens is 2. The molecule has 0 amide bonds. The minimum atomic E-state index is -2.91. The molecule has 0 spiro atoms. The summed E-state index contributed by atoms with van der Waals surface area (Å²) in [6, 6.07) is 14.0. The van der Waals surface area contributed by atoms with Gasteiger partial charge in [-0.1, -0.05) is 23.4 Å². The number of hydrogen-bond acceptors (Lipinski definition) is 5. The average Bonchev–Trinajstić information content (AvgIpc) is 2.62. The average molecular weight is 351 g/mol. The molecule has 134 valence electrons. The third-order valence-corrected chi connectivity index (χ3v) is 3.07. The van der Waals surface area contributed by atoms with Crippen LogP contribution in [0.3, 0.4) is 0 Å². The van der Waals surface area contributed by atoms with Gasteiger partial charge in [-0.3, -0.25) is 0 Å². The normalized spacial score (nSPS) is 10.9. The summed E-state index contributed by atoms with van der Waals surface area (Å²) in [6.45, 7) is -1.99. The summed E-state index contributed by atoms with van der Waals surface area (Å²) in [5, 5.41) is 3.83. The lowest BCUT2D eigenvalue weighted by Gasteiger charge is -2.09. The second-order valence-electron chi connectivity index (χ2n) is 4.87. The minimum Gasteiger partial charge on any atom is -0.493 e. The Morgan fingerprint density at radius 1 is 1.04 bits per heavy atom. The summed E-state index contributed by atoms with van der Waals surface area (Å²) in [7, 11) is 1.37. The van der Waals surface area contributed by atoms with Gasteiger partial charge in [-0.2, -0.15) is 8.78 Å². The van der Waals surface area contributed by atoms with Gasteiger partial charge in [0.05, 0.1) is 19.9 Å². The molecule has 0 heterocycles. The van der Waals surface area contributed by atoms with E-state index in [1.807, 2.05) is 30.3 Å². The molecule has 0 aliphatic carbocycles. The first-order chi connectivity index (χ1) is 12.2. The first-order valence-electron chi connectivity index (χ1n) is 7.65. The SMILES string of the molecule is COc1cc(/C=N/OCCCOc2ccccc2)ccc1OC(F)F. The molecular weight excluding hydrogens is 332 g/mol. The molecule has 0 aromatic heterocycles. The van der Waals surface area contributed by atoms with Crippen molar-refractivity contribution in [2.24, 2.45) is 5.16 Å². The van der Waals surface area contributed by atoms with Gasteiger partial charge in [-0.25, -0.2) is 0 Å². The van der Waals surface area contributed by atoms with Crippen molar-refractivity contribution in [3.05, 3.63) is 54.1 Å². The van der Waals surface area contributed by atoms with Gasteiger partial charge in [0, 0.05) is 12.0 Å². The molecule has 0 aliphatic heterocycles. The summed E-state index contributed by atoms with van der Waals surface area (Å²) in [6.07, 6.45) is 2.14. The number of methoxy groups -OCH3 is 1. The smallest absolute Gasteiger partial charge is 0.387 e. The molecule has 0 saturated heterocycles. The zero-order valence-corrected chi connectivity index (χ0v) is 13.7. The van der Waals surface area contributed by atoms with Gasteiger partial charge in [0.2, 0.25) is 0 Å². The maximum atomic E-state index is 12.3. The van der Waals surface area contributed by atoms with Crippen LogP contribution in [0.5, 0.6) is 17.2 Å². The lowest BCUT2D eigenvalue weighted by atomic mass is 10.2. The van der Waals surface area contributed by atoms with E-state index < -0.39 is 6.61 Å². The number of alkyl halides is 2. The Bertz CT molecular complexity index is 665. The lowest BCUT2D eigenvalue weighted by Crippen LogP contribution is -2.03. The molecule has 2 aromatic carbocycles. The summed E-state index contributed by atoms with van der Waals surface area (Å²) >= 11 is 0. The fourth-order valence-electron chi connectivity index (χ4n) is 1.94. The maximum absolute atomic E-state index is 12.3. The largest absolute Gasteiger partial charge is 0.493 e. The molecular formula is C18H19F2NO4. The molecule has 0 unspecified atom stereocenters. The quantitative estimate of drug-likeness (QED) is 0.367. The Morgan fingerprint density at radius 3 is 2.56 bits per heavy atom. The highest BCUT2D eigenvalue weighted by Gasteiger charge is 2.10. The second-order valence-corrected chi connectivity index (χ2v) is 4.87. The van der Waals surface area contributed by atoms with Crippen LogP contribution in [0, 0.1) is 0 Å². The maximum Gasteiger partial charge on any atom is 0.387 e. The fraction of sp³-hybridized carbons (Fsp3) is 0.278. The monoisotopic (exact) mass is 351 g/mol. The molecule has 25 heavy (non-hydrogen) atoms.